The Labute approximate surface area is 150 Å². The van der Waals surface area contributed by atoms with Crippen molar-refractivity contribution in [3.63, 3.8) is 0 Å². The minimum atomic E-state index is -4.07. The molecule has 4 nitrogen and oxygen atoms in total. The Balaban J connectivity index is 0. The number of phosphoric acid groups is 1. The molecule has 130 valence electrons. The summed E-state index contributed by atoms with van der Waals surface area (Å²) in [5, 5.41) is 0. The summed E-state index contributed by atoms with van der Waals surface area (Å²) in [7, 11) is -4.07. The van der Waals surface area contributed by atoms with E-state index >= 15 is 0 Å². The second-order valence-corrected chi connectivity index (χ2v) is 7.06. The molecule has 0 aliphatic carbocycles. The molecule has 0 amide bonds. The molecular formula is C16H34O4PZn-. The molecule has 0 heterocycles. The Morgan fingerprint density at radius 2 is 1.00 bits per heavy atom. The van der Waals surface area contributed by atoms with E-state index in [0.717, 1.165) is 38.5 Å². The molecule has 0 saturated heterocycles. The molecule has 0 unspecified atom stereocenters. The van der Waals surface area contributed by atoms with Crippen molar-refractivity contribution >= 4 is 7.82 Å². The van der Waals surface area contributed by atoms with Crippen molar-refractivity contribution in [3.8, 4) is 0 Å². The van der Waals surface area contributed by atoms with Gasteiger partial charge in [0, 0.05) is 19.5 Å². The van der Waals surface area contributed by atoms with E-state index in [1.165, 1.54) is 38.5 Å². The van der Waals surface area contributed by atoms with Crippen LogP contribution in [0.2, 0.25) is 0 Å². The molecule has 0 bridgehead atoms. The third-order valence-corrected chi connectivity index (χ3v) is 4.49. The summed E-state index contributed by atoms with van der Waals surface area (Å²) < 4.78 is 21.2. The molecule has 6 heteroatoms. The second kappa shape index (κ2) is 18.1. The molecule has 0 fully saturated rings. The van der Waals surface area contributed by atoms with Crippen LogP contribution in [0.4, 0.5) is 0 Å². The molecule has 0 N–H and O–H groups in total. The summed E-state index contributed by atoms with van der Waals surface area (Å²) in [5.74, 6) is 0. The maximum Gasteiger partial charge on any atom is 0.267 e. The molecule has 0 aromatic rings. The van der Waals surface area contributed by atoms with Gasteiger partial charge in [-0.25, -0.2) is 0 Å². The van der Waals surface area contributed by atoms with Crippen LogP contribution in [0.3, 0.4) is 0 Å². The summed E-state index contributed by atoms with van der Waals surface area (Å²) in [6, 6.07) is 0. The van der Waals surface area contributed by atoms with E-state index in [1.807, 2.05) is 0 Å². The van der Waals surface area contributed by atoms with Crippen molar-refractivity contribution in [3.05, 3.63) is 0 Å². The Morgan fingerprint density at radius 3 is 1.36 bits per heavy atom. The van der Waals surface area contributed by atoms with Gasteiger partial charge in [-0.05, 0) is 12.8 Å². The average molecular weight is 387 g/mol. The van der Waals surface area contributed by atoms with Crippen LogP contribution in [0.5, 0.6) is 0 Å². The molecule has 22 heavy (non-hydrogen) atoms. The fraction of sp³-hybridized carbons (Fsp3) is 1.00. The van der Waals surface area contributed by atoms with Crippen LogP contribution in [0.1, 0.15) is 90.9 Å². The van der Waals surface area contributed by atoms with E-state index in [2.05, 4.69) is 13.8 Å². The van der Waals surface area contributed by atoms with Gasteiger partial charge in [0.15, 0.2) is 0 Å². The predicted octanol–water partition coefficient (Wildman–Crippen LogP) is 5.21. The van der Waals surface area contributed by atoms with Gasteiger partial charge in [-0.1, -0.05) is 78.1 Å². The molecule has 0 spiro atoms. The third kappa shape index (κ3) is 18.8. The van der Waals surface area contributed by atoms with Gasteiger partial charge in [-0.3, -0.25) is 4.57 Å². The average Bonchev–Trinajstić information content (AvgIpc) is 2.45. The standard InChI is InChI=1S/C16H35O4P.Zn/c1-3-5-7-9-11-13-15-19-21(17,18)20-16-14-12-10-8-6-4-2;/h3-16H2,1-2H3,(H,17,18);/p-1. The van der Waals surface area contributed by atoms with Crippen LogP contribution < -0.4 is 4.89 Å². The fourth-order valence-electron chi connectivity index (χ4n) is 2.15. The quantitative estimate of drug-likeness (QED) is 0.208. The van der Waals surface area contributed by atoms with Crippen molar-refractivity contribution in [2.75, 3.05) is 13.2 Å². The van der Waals surface area contributed by atoms with E-state index < -0.39 is 7.82 Å². The Morgan fingerprint density at radius 1 is 0.682 bits per heavy atom. The molecule has 0 radical (unpaired) electrons. The maximum atomic E-state index is 11.5. The zero-order valence-electron chi connectivity index (χ0n) is 14.7. The third-order valence-electron chi connectivity index (χ3n) is 3.49. The van der Waals surface area contributed by atoms with Gasteiger partial charge in [-0.2, -0.15) is 0 Å². The molecule has 0 aromatic carbocycles. The molecule has 0 saturated carbocycles. The van der Waals surface area contributed by atoms with Gasteiger partial charge >= 0.3 is 0 Å². The van der Waals surface area contributed by atoms with Crippen LogP contribution in [-0.2, 0) is 33.1 Å². The van der Waals surface area contributed by atoms with Crippen molar-refractivity contribution in [2.45, 2.75) is 90.9 Å². The summed E-state index contributed by atoms with van der Waals surface area (Å²) in [6.07, 6.45) is 13.3. The number of hydrogen-bond donors (Lipinski definition) is 0. The van der Waals surface area contributed by atoms with Crippen LogP contribution in [0, 0.1) is 0 Å². The normalized spacial score (nSPS) is 11.4. The van der Waals surface area contributed by atoms with Crippen molar-refractivity contribution in [1.82, 2.24) is 0 Å². The summed E-state index contributed by atoms with van der Waals surface area (Å²) >= 11 is 0. The van der Waals surface area contributed by atoms with Gasteiger partial charge in [0.05, 0.1) is 13.2 Å². The Hall–Kier alpha value is 0.733. The Bertz CT molecular complexity index is 243. The molecule has 0 rings (SSSR count). The van der Waals surface area contributed by atoms with Gasteiger partial charge in [0.2, 0.25) is 0 Å². The Kier molecular flexibility index (Phi) is 20.5. The number of hydrogen-bond acceptors (Lipinski definition) is 4. The van der Waals surface area contributed by atoms with Crippen molar-refractivity contribution < 1.29 is 38.0 Å². The van der Waals surface area contributed by atoms with Crippen LogP contribution in [0.15, 0.2) is 0 Å². The summed E-state index contributed by atoms with van der Waals surface area (Å²) in [6.45, 7) is 4.86. The monoisotopic (exact) mass is 385 g/mol. The molecular weight excluding hydrogens is 353 g/mol. The maximum absolute atomic E-state index is 11.5. The topological polar surface area (TPSA) is 58.6 Å². The second-order valence-electron chi connectivity index (χ2n) is 5.65. The molecule has 0 aliphatic heterocycles. The largest absolute Gasteiger partial charge is 0.756 e. The zero-order chi connectivity index (χ0) is 15.8. The van der Waals surface area contributed by atoms with Crippen LogP contribution in [0.25, 0.3) is 0 Å². The first-order valence-electron chi connectivity index (χ1n) is 8.72. The number of phosphoric ester groups is 1. The van der Waals surface area contributed by atoms with Gasteiger partial charge in [-0.15, -0.1) is 0 Å². The predicted molar refractivity (Wildman–Crippen MR) is 86.3 cm³/mol. The molecule has 0 aromatic heterocycles. The van der Waals surface area contributed by atoms with E-state index in [1.54, 1.807) is 0 Å². The van der Waals surface area contributed by atoms with Crippen LogP contribution >= 0.6 is 7.82 Å². The van der Waals surface area contributed by atoms with Gasteiger partial charge in [0.25, 0.3) is 7.82 Å². The van der Waals surface area contributed by atoms with E-state index in [-0.39, 0.29) is 32.7 Å². The SMILES string of the molecule is CCCCCCCCOP(=O)([O-])OCCCCCCCC.[Zn]. The van der Waals surface area contributed by atoms with Crippen molar-refractivity contribution in [2.24, 2.45) is 0 Å². The summed E-state index contributed by atoms with van der Waals surface area (Å²) in [4.78, 5) is 11.5. The minimum absolute atomic E-state index is 0. The van der Waals surface area contributed by atoms with Crippen LogP contribution in [-0.4, -0.2) is 13.2 Å². The van der Waals surface area contributed by atoms with E-state index in [9.17, 15) is 9.46 Å². The van der Waals surface area contributed by atoms with E-state index in [0.29, 0.717) is 0 Å². The van der Waals surface area contributed by atoms with Crippen molar-refractivity contribution in [1.29, 1.82) is 0 Å². The zero-order valence-corrected chi connectivity index (χ0v) is 18.5. The van der Waals surface area contributed by atoms with Gasteiger partial charge in [0.1, 0.15) is 0 Å². The smallest absolute Gasteiger partial charge is 0.267 e. The summed E-state index contributed by atoms with van der Waals surface area (Å²) in [5.41, 5.74) is 0. The number of rotatable bonds is 16. The molecule has 0 aliphatic rings. The molecule has 0 atom stereocenters. The first-order valence-corrected chi connectivity index (χ1v) is 10.2. The fourth-order valence-corrected chi connectivity index (χ4v) is 2.93. The number of unbranched alkanes of at least 4 members (excludes halogenated alkanes) is 10. The van der Waals surface area contributed by atoms with E-state index in [4.69, 9.17) is 9.05 Å². The first-order chi connectivity index (χ1) is 10.1. The van der Waals surface area contributed by atoms with Gasteiger partial charge < -0.3 is 13.9 Å². The first kappa shape index (κ1) is 25.0. The minimum Gasteiger partial charge on any atom is -0.756 e.